The molecule has 0 unspecified atom stereocenters. The molecule has 1 saturated heterocycles. The van der Waals surface area contributed by atoms with E-state index in [1.807, 2.05) is 26.8 Å². The van der Waals surface area contributed by atoms with Gasteiger partial charge in [-0.1, -0.05) is 29.3 Å². The van der Waals surface area contributed by atoms with Crippen LogP contribution in [0.2, 0.25) is 10.0 Å². The number of hydrogen-bond acceptors (Lipinski definition) is 3. The third-order valence-electron chi connectivity index (χ3n) is 4.20. The zero-order valence-corrected chi connectivity index (χ0v) is 17.2. The lowest BCUT2D eigenvalue weighted by atomic mass is 10.0. The van der Waals surface area contributed by atoms with Crippen molar-refractivity contribution in [2.24, 2.45) is 0 Å². The van der Waals surface area contributed by atoms with Gasteiger partial charge in [0.2, 0.25) is 5.91 Å². The molecule has 0 aliphatic carbocycles. The fraction of sp³-hybridized carbons (Fsp3) is 0.579. The van der Waals surface area contributed by atoms with E-state index in [9.17, 15) is 9.59 Å². The minimum atomic E-state index is -0.589. The molecule has 144 valence electrons. The SMILES string of the molecule is CN(Cc1ccc(Cl)c(Cl)c1)C(=O)[C@H]1CCCCN1C(=O)OC(C)(C)C. The number of amides is 2. The summed E-state index contributed by atoms with van der Waals surface area (Å²) in [5.41, 5.74) is 0.295. The quantitative estimate of drug-likeness (QED) is 0.735. The number of halogens is 2. The molecule has 0 saturated carbocycles. The van der Waals surface area contributed by atoms with Gasteiger partial charge in [0, 0.05) is 20.1 Å². The third-order valence-corrected chi connectivity index (χ3v) is 4.93. The molecule has 0 N–H and O–H groups in total. The highest BCUT2D eigenvalue weighted by atomic mass is 35.5. The van der Waals surface area contributed by atoms with Crippen molar-refractivity contribution in [2.75, 3.05) is 13.6 Å². The summed E-state index contributed by atoms with van der Waals surface area (Å²) in [5, 5.41) is 0.936. The molecule has 1 aromatic carbocycles. The number of piperidine rings is 1. The second kappa shape index (κ2) is 8.49. The van der Waals surface area contributed by atoms with Crippen LogP contribution in [0.4, 0.5) is 4.79 Å². The van der Waals surface area contributed by atoms with Gasteiger partial charge in [-0.15, -0.1) is 0 Å². The number of carbonyl (C=O) groups excluding carboxylic acids is 2. The highest BCUT2D eigenvalue weighted by Crippen LogP contribution is 2.25. The average molecular weight is 401 g/mol. The van der Waals surface area contributed by atoms with Gasteiger partial charge in [0.05, 0.1) is 10.0 Å². The number of rotatable bonds is 3. The van der Waals surface area contributed by atoms with E-state index in [0.717, 1.165) is 18.4 Å². The van der Waals surface area contributed by atoms with Gasteiger partial charge in [-0.2, -0.15) is 0 Å². The van der Waals surface area contributed by atoms with Gasteiger partial charge in [-0.25, -0.2) is 4.79 Å². The van der Waals surface area contributed by atoms with Crippen molar-refractivity contribution in [3.05, 3.63) is 33.8 Å². The maximum atomic E-state index is 13.0. The monoisotopic (exact) mass is 400 g/mol. The van der Waals surface area contributed by atoms with Gasteiger partial charge < -0.3 is 9.64 Å². The Hall–Kier alpha value is -1.46. The molecule has 0 radical (unpaired) electrons. The van der Waals surface area contributed by atoms with Crippen molar-refractivity contribution in [1.82, 2.24) is 9.80 Å². The average Bonchev–Trinajstić information content (AvgIpc) is 2.56. The molecule has 0 spiro atoms. The molecule has 0 bridgehead atoms. The van der Waals surface area contributed by atoms with Crippen LogP contribution < -0.4 is 0 Å². The number of likely N-dealkylation sites (N-methyl/N-ethyl adjacent to an activating group) is 1. The van der Waals surface area contributed by atoms with Crippen molar-refractivity contribution < 1.29 is 14.3 Å². The zero-order valence-electron chi connectivity index (χ0n) is 15.7. The first-order valence-corrected chi connectivity index (χ1v) is 9.52. The predicted octanol–water partition coefficient (Wildman–Crippen LogP) is 4.74. The topological polar surface area (TPSA) is 49.9 Å². The van der Waals surface area contributed by atoms with Crippen LogP contribution in [-0.2, 0) is 16.1 Å². The predicted molar refractivity (Wildman–Crippen MR) is 104 cm³/mol. The number of benzene rings is 1. The minimum absolute atomic E-state index is 0.0957. The lowest BCUT2D eigenvalue weighted by Crippen LogP contribution is -2.53. The Morgan fingerprint density at radius 3 is 2.54 bits per heavy atom. The molecule has 1 aliphatic rings. The molecule has 1 heterocycles. The van der Waals surface area contributed by atoms with E-state index in [1.165, 1.54) is 0 Å². The van der Waals surface area contributed by atoms with Crippen molar-refractivity contribution in [1.29, 1.82) is 0 Å². The van der Waals surface area contributed by atoms with E-state index in [-0.39, 0.29) is 5.91 Å². The van der Waals surface area contributed by atoms with E-state index < -0.39 is 17.7 Å². The Kier molecular flexibility index (Phi) is 6.80. The minimum Gasteiger partial charge on any atom is -0.444 e. The normalized spacial score (nSPS) is 17.8. The van der Waals surface area contributed by atoms with Gasteiger partial charge in [-0.05, 0) is 57.7 Å². The van der Waals surface area contributed by atoms with E-state index >= 15 is 0 Å². The maximum Gasteiger partial charge on any atom is 0.410 e. The molecule has 0 aromatic heterocycles. The number of nitrogens with zero attached hydrogens (tertiary/aromatic N) is 2. The summed E-state index contributed by atoms with van der Waals surface area (Å²) >= 11 is 12.0. The standard InChI is InChI=1S/C19H26Cl2N2O3/c1-19(2,3)26-18(25)23-10-6-5-7-16(23)17(24)22(4)12-13-8-9-14(20)15(21)11-13/h8-9,11,16H,5-7,10,12H2,1-4H3/t16-/m1/s1. The lowest BCUT2D eigenvalue weighted by Gasteiger charge is -2.37. The van der Waals surface area contributed by atoms with Crippen LogP contribution in [-0.4, -0.2) is 47.0 Å². The Bertz CT molecular complexity index is 673. The lowest BCUT2D eigenvalue weighted by molar-refractivity contribution is -0.137. The summed E-state index contributed by atoms with van der Waals surface area (Å²) < 4.78 is 5.47. The van der Waals surface area contributed by atoms with E-state index in [4.69, 9.17) is 27.9 Å². The van der Waals surface area contributed by atoms with Crippen LogP contribution >= 0.6 is 23.2 Å². The molecule has 7 heteroatoms. The molecule has 1 aromatic rings. The second-order valence-corrected chi connectivity index (χ2v) is 8.44. The second-order valence-electron chi connectivity index (χ2n) is 7.63. The summed E-state index contributed by atoms with van der Waals surface area (Å²) in [6.07, 6.45) is 2.00. The first-order chi connectivity index (χ1) is 12.1. The number of likely N-dealkylation sites (tertiary alicyclic amines) is 1. The van der Waals surface area contributed by atoms with Crippen LogP contribution in [0.25, 0.3) is 0 Å². The van der Waals surface area contributed by atoms with Crippen LogP contribution in [0.15, 0.2) is 18.2 Å². The van der Waals surface area contributed by atoms with Crippen LogP contribution in [0.5, 0.6) is 0 Å². The fourth-order valence-electron chi connectivity index (χ4n) is 2.97. The number of hydrogen-bond donors (Lipinski definition) is 0. The molecule has 2 rings (SSSR count). The van der Waals surface area contributed by atoms with Gasteiger partial charge in [0.25, 0.3) is 0 Å². The molecular formula is C19H26Cl2N2O3. The smallest absolute Gasteiger partial charge is 0.410 e. The molecular weight excluding hydrogens is 375 g/mol. The van der Waals surface area contributed by atoms with E-state index in [2.05, 4.69) is 0 Å². The fourth-order valence-corrected chi connectivity index (χ4v) is 3.29. The number of carbonyl (C=O) groups is 2. The summed E-state index contributed by atoms with van der Waals surface area (Å²) in [5.74, 6) is -0.0957. The van der Waals surface area contributed by atoms with E-state index in [1.54, 1.807) is 29.0 Å². The third kappa shape index (κ3) is 5.52. The summed E-state index contributed by atoms with van der Waals surface area (Å²) in [4.78, 5) is 28.6. The molecule has 2 amide bonds. The van der Waals surface area contributed by atoms with Gasteiger partial charge in [0.1, 0.15) is 11.6 Å². The van der Waals surface area contributed by atoms with Crippen LogP contribution in [0.3, 0.4) is 0 Å². The molecule has 1 fully saturated rings. The van der Waals surface area contributed by atoms with E-state index in [0.29, 0.717) is 29.6 Å². The first kappa shape index (κ1) is 20.8. The van der Waals surface area contributed by atoms with Crippen molar-refractivity contribution in [2.45, 2.75) is 58.2 Å². The summed E-state index contributed by atoms with van der Waals surface area (Å²) in [6.45, 7) is 6.40. The Balaban J connectivity index is 2.08. The summed E-state index contributed by atoms with van der Waals surface area (Å²) in [7, 11) is 1.73. The largest absolute Gasteiger partial charge is 0.444 e. The maximum absolute atomic E-state index is 13.0. The first-order valence-electron chi connectivity index (χ1n) is 8.77. The van der Waals surface area contributed by atoms with Crippen molar-refractivity contribution in [3.63, 3.8) is 0 Å². The molecule has 5 nitrogen and oxygen atoms in total. The number of ether oxygens (including phenoxy) is 1. The van der Waals surface area contributed by atoms with Crippen LogP contribution in [0.1, 0.15) is 45.6 Å². The highest BCUT2D eigenvalue weighted by Gasteiger charge is 2.36. The Labute approximate surface area is 165 Å². The molecule has 26 heavy (non-hydrogen) atoms. The van der Waals surface area contributed by atoms with Gasteiger partial charge in [-0.3, -0.25) is 9.69 Å². The van der Waals surface area contributed by atoms with Gasteiger partial charge in [0.15, 0.2) is 0 Å². The van der Waals surface area contributed by atoms with Crippen LogP contribution in [0, 0.1) is 0 Å². The summed E-state index contributed by atoms with van der Waals surface area (Å²) in [6, 6.07) is 4.81. The molecule has 1 atom stereocenters. The van der Waals surface area contributed by atoms with Gasteiger partial charge >= 0.3 is 6.09 Å². The Morgan fingerprint density at radius 2 is 1.92 bits per heavy atom. The highest BCUT2D eigenvalue weighted by molar-refractivity contribution is 6.42. The molecule has 1 aliphatic heterocycles. The Morgan fingerprint density at radius 1 is 1.23 bits per heavy atom. The van der Waals surface area contributed by atoms with Crippen molar-refractivity contribution in [3.8, 4) is 0 Å². The zero-order chi connectivity index (χ0) is 19.5. The van der Waals surface area contributed by atoms with Crippen molar-refractivity contribution >= 4 is 35.2 Å².